The van der Waals surface area contributed by atoms with Gasteiger partial charge in [-0.1, -0.05) is 29.8 Å². The third kappa shape index (κ3) is 1.95. The molecule has 0 radical (unpaired) electrons. The summed E-state index contributed by atoms with van der Waals surface area (Å²) in [5.41, 5.74) is 13.0. The molecule has 0 amide bonds. The summed E-state index contributed by atoms with van der Waals surface area (Å²) in [5, 5.41) is 1.47. The van der Waals surface area contributed by atoms with E-state index in [1.165, 1.54) is 0 Å². The number of rotatable bonds is 2. The molecule has 0 aliphatic carbocycles. The average molecular weight is 222 g/mol. The Balaban J connectivity index is 2.61. The smallest absolute Gasteiger partial charge is 0.134 e. The van der Waals surface area contributed by atoms with Gasteiger partial charge in [0.05, 0.1) is 5.52 Å². The zero-order chi connectivity index (χ0) is 10.8. The monoisotopic (exact) mass is 221 g/mol. The summed E-state index contributed by atoms with van der Waals surface area (Å²) in [6.07, 6.45) is 0. The zero-order valence-corrected chi connectivity index (χ0v) is 8.91. The number of nitrogens with zero attached hydrogens (tertiary/aromatic N) is 1. The lowest BCUT2D eigenvalue weighted by Gasteiger charge is -2.11. The molecule has 0 saturated heterocycles. The number of nitrogens with two attached hydrogens (primary N) is 2. The Hall–Kier alpha value is -1.16. The second-order valence-electron chi connectivity index (χ2n) is 3.40. The zero-order valence-electron chi connectivity index (χ0n) is 8.15. The van der Waals surface area contributed by atoms with Gasteiger partial charge in [-0.05, 0) is 12.1 Å². The lowest BCUT2D eigenvalue weighted by molar-refractivity contribution is 0.735. The molecule has 78 valence electrons. The van der Waals surface area contributed by atoms with Gasteiger partial charge in [0.1, 0.15) is 5.15 Å². The van der Waals surface area contributed by atoms with E-state index < -0.39 is 0 Å². The largest absolute Gasteiger partial charge is 0.329 e. The van der Waals surface area contributed by atoms with E-state index in [0.29, 0.717) is 11.7 Å². The molecule has 0 saturated carbocycles. The van der Waals surface area contributed by atoms with Crippen molar-refractivity contribution in [2.75, 3.05) is 6.54 Å². The predicted octanol–water partition coefficient (Wildman–Crippen LogP) is 1.85. The summed E-state index contributed by atoms with van der Waals surface area (Å²) in [6, 6.07) is 9.46. The van der Waals surface area contributed by atoms with Crippen LogP contribution in [0.4, 0.5) is 0 Å². The lowest BCUT2D eigenvalue weighted by Crippen LogP contribution is -2.21. The number of halogens is 1. The predicted molar refractivity (Wildman–Crippen MR) is 62.7 cm³/mol. The molecule has 1 heterocycles. The van der Waals surface area contributed by atoms with Crippen LogP contribution in [0.25, 0.3) is 10.9 Å². The standard InChI is InChI=1S/C11H12ClN3/c12-11-8(9(14)6-13)5-7-3-1-2-4-10(7)15-11/h1-5,9H,6,13-14H2/t9-/m1/s1. The Morgan fingerprint density at radius 1 is 1.33 bits per heavy atom. The summed E-state index contributed by atoms with van der Waals surface area (Å²) < 4.78 is 0. The Labute approximate surface area is 93.0 Å². The van der Waals surface area contributed by atoms with Crippen molar-refractivity contribution in [2.24, 2.45) is 11.5 Å². The Morgan fingerprint density at radius 3 is 2.80 bits per heavy atom. The second-order valence-corrected chi connectivity index (χ2v) is 3.76. The molecule has 2 aromatic rings. The fourth-order valence-corrected chi connectivity index (χ4v) is 1.78. The molecular weight excluding hydrogens is 210 g/mol. The van der Waals surface area contributed by atoms with Crippen LogP contribution in [0.15, 0.2) is 30.3 Å². The normalized spacial score (nSPS) is 13.0. The van der Waals surface area contributed by atoms with Crippen LogP contribution in [0.2, 0.25) is 5.15 Å². The van der Waals surface area contributed by atoms with E-state index in [1.807, 2.05) is 30.3 Å². The van der Waals surface area contributed by atoms with Gasteiger partial charge in [-0.25, -0.2) is 4.98 Å². The van der Waals surface area contributed by atoms with Crippen molar-refractivity contribution in [3.8, 4) is 0 Å². The molecule has 0 fully saturated rings. The average Bonchev–Trinajstić information content (AvgIpc) is 2.27. The van der Waals surface area contributed by atoms with Crippen LogP contribution >= 0.6 is 11.6 Å². The van der Waals surface area contributed by atoms with Gasteiger partial charge in [0.15, 0.2) is 0 Å². The maximum Gasteiger partial charge on any atom is 0.134 e. The molecule has 1 atom stereocenters. The van der Waals surface area contributed by atoms with Gasteiger partial charge in [0.2, 0.25) is 0 Å². The number of fused-ring (bicyclic) bond motifs is 1. The molecule has 0 bridgehead atoms. The SMILES string of the molecule is NC[C@@H](N)c1cc2ccccc2nc1Cl. The van der Waals surface area contributed by atoms with Crippen LogP contribution in [0.3, 0.4) is 0 Å². The number of aromatic nitrogens is 1. The molecule has 0 spiro atoms. The first kappa shape index (κ1) is 10.4. The van der Waals surface area contributed by atoms with Gasteiger partial charge >= 0.3 is 0 Å². The number of hydrogen-bond donors (Lipinski definition) is 2. The molecule has 4 heteroatoms. The van der Waals surface area contributed by atoms with E-state index in [2.05, 4.69) is 4.98 Å². The number of benzene rings is 1. The summed E-state index contributed by atoms with van der Waals surface area (Å²) in [7, 11) is 0. The second kappa shape index (κ2) is 4.14. The minimum Gasteiger partial charge on any atom is -0.329 e. The van der Waals surface area contributed by atoms with Crippen LogP contribution in [0.1, 0.15) is 11.6 Å². The molecule has 1 aromatic heterocycles. The van der Waals surface area contributed by atoms with E-state index in [9.17, 15) is 0 Å². The van der Waals surface area contributed by atoms with E-state index in [0.717, 1.165) is 16.5 Å². The fourth-order valence-electron chi connectivity index (χ4n) is 1.50. The molecule has 0 aliphatic heterocycles. The molecule has 1 aromatic carbocycles. The highest BCUT2D eigenvalue weighted by atomic mass is 35.5. The first-order valence-electron chi connectivity index (χ1n) is 4.73. The molecule has 0 aliphatic rings. The molecule has 4 N–H and O–H groups in total. The van der Waals surface area contributed by atoms with Crippen LogP contribution in [0, 0.1) is 0 Å². The van der Waals surface area contributed by atoms with Crippen molar-refractivity contribution < 1.29 is 0 Å². The first-order valence-corrected chi connectivity index (χ1v) is 5.11. The summed E-state index contributed by atoms with van der Waals surface area (Å²) in [4.78, 5) is 4.27. The summed E-state index contributed by atoms with van der Waals surface area (Å²) >= 11 is 6.03. The fraction of sp³-hybridized carbons (Fsp3) is 0.182. The topological polar surface area (TPSA) is 64.9 Å². The molecule has 3 nitrogen and oxygen atoms in total. The Morgan fingerprint density at radius 2 is 2.07 bits per heavy atom. The van der Waals surface area contributed by atoms with Gasteiger partial charge in [-0.15, -0.1) is 0 Å². The number of hydrogen-bond acceptors (Lipinski definition) is 3. The highest BCUT2D eigenvalue weighted by Gasteiger charge is 2.10. The highest BCUT2D eigenvalue weighted by molar-refractivity contribution is 6.30. The first-order chi connectivity index (χ1) is 7.22. The Kier molecular flexibility index (Phi) is 2.86. The van der Waals surface area contributed by atoms with Crippen molar-refractivity contribution in [2.45, 2.75) is 6.04 Å². The maximum absolute atomic E-state index is 6.03. The van der Waals surface area contributed by atoms with E-state index in [-0.39, 0.29) is 6.04 Å². The van der Waals surface area contributed by atoms with Crippen molar-refractivity contribution in [1.82, 2.24) is 4.98 Å². The third-order valence-corrected chi connectivity index (χ3v) is 2.66. The molecule has 15 heavy (non-hydrogen) atoms. The third-order valence-electron chi connectivity index (χ3n) is 2.36. The number of para-hydroxylation sites is 1. The van der Waals surface area contributed by atoms with Crippen molar-refractivity contribution in [1.29, 1.82) is 0 Å². The van der Waals surface area contributed by atoms with Crippen LogP contribution in [-0.4, -0.2) is 11.5 Å². The minimum atomic E-state index is -0.255. The summed E-state index contributed by atoms with van der Waals surface area (Å²) in [6.45, 7) is 0.361. The van der Waals surface area contributed by atoms with E-state index >= 15 is 0 Å². The van der Waals surface area contributed by atoms with Crippen molar-refractivity contribution in [3.63, 3.8) is 0 Å². The molecule has 2 rings (SSSR count). The Bertz CT molecular complexity index is 484. The van der Waals surface area contributed by atoms with E-state index in [1.54, 1.807) is 0 Å². The molecule has 0 unspecified atom stereocenters. The lowest BCUT2D eigenvalue weighted by atomic mass is 10.1. The van der Waals surface area contributed by atoms with Crippen LogP contribution < -0.4 is 11.5 Å². The van der Waals surface area contributed by atoms with Crippen LogP contribution in [0.5, 0.6) is 0 Å². The van der Waals surface area contributed by atoms with E-state index in [4.69, 9.17) is 23.1 Å². The van der Waals surface area contributed by atoms with Crippen molar-refractivity contribution >= 4 is 22.5 Å². The van der Waals surface area contributed by atoms with Gasteiger partial charge in [0, 0.05) is 23.5 Å². The quantitative estimate of drug-likeness (QED) is 0.761. The summed E-state index contributed by atoms with van der Waals surface area (Å²) in [5.74, 6) is 0. The van der Waals surface area contributed by atoms with Crippen molar-refractivity contribution in [3.05, 3.63) is 41.0 Å². The molecular formula is C11H12ClN3. The van der Waals surface area contributed by atoms with Gasteiger partial charge in [0.25, 0.3) is 0 Å². The van der Waals surface area contributed by atoms with Crippen LogP contribution in [-0.2, 0) is 0 Å². The number of pyridine rings is 1. The van der Waals surface area contributed by atoms with Gasteiger partial charge in [-0.3, -0.25) is 0 Å². The van der Waals surface area contributed by atoms with Gasteiger partial charge in [-0.2, -0.15) is 0 Å². The highest BCUT2D eigenvalue weighted by Crippen LogP contribution is 2.23. The maximum atomic E-state index is 6.03. The minimum absolute atomic E-state index is 0.255. The van der Waals surface area contributed by atoms with Gasteiger partial charge < -0.3 is 11.5 Å².